The van der Waals surface area contributed by atoms with Crippen LogP contribution in [0.4, 0.5) is 11.4 Å². The minimum Gasteiger partial charge on any atom is -0.494 e. The van der Waals surface area contributed by atoms with Gasteiger partial charge in [0.15, 0.2) is 0 Å². The Kier molecular flexibility index (Phi) is 6.30. The van der Waals surface area contributed by atoms with Crippen molar-refractivity contribution >= 4 is 11.4 Å². The summed E-state index contributed by atoms with van der Waals surface area (Å²) in [7, 11) is 0. The Morgan fingerprint density at radius 2 is 1.39 bits per heavy atom. The largest absolute Gasteiger partial charge is 0.494 e. The lowest BCUT2D eigenvalue weighted by Gasteiger charge is -2.39. The molecule has 5 rings (SSSR count). The Bertz CT molecular complexity index is 1170. The summed E-state index contributed by atoms with van der Waals surface area (Å²) in [5.41, 5.74) is 6.32. The van der Waals surface area contributed by atoms with Crippen LogP contribution in [0, 0.1) is 0 Å². The molecule has 4 aromatic carbocycles. The van der Waals surface area contributed by atoms with Crippen LogP contribution in [-0.4, -0.2) is 6.61 Å². The van der Waals surface area contributed by atoms with Gasteiger partial charge in [0.25, 0.3) is 0 Å². The number of nitrogens with zero attached hydrogens (tertiary/aromatic N) is 1. The number of aryl methyl sites for hydroxylation is 1. The number of rotatable bonds is 7. The molecule has 4 aromatic rings. The van der Waals surface area contributed by atoms with E-state index in [9.17, 15) is 0 Å². The molecule has 1 unspecified atom stereocenters. The maximum Gasteiger partial charge on any atom is 0.119 e. The van der Waals surface area contributed by atoms with Crippen molar-refractivity contribution in [3.05, 3.63) is 120 Å². The first-order chi connectivity index (χ1) is 16.3. The molecule has 33 heavy (non-hydrogen) atoms. The van der Waals surface area contributed by atoms with Crippen LogP contribution in [0.3, 0.4) is 0 Å². The third-order valence-electron chi connectivity index (χ3n) is 6.19. The van der Waals surface area contributed by atoms with Gasteiger partial charge >= 0.3 is 0 Å². The van der Waals surface area contributed by atoms with Gasteiger partial charge in [-0.05, 0) is 78.9 Å². The van der Waals surface area contributed by atoms with Gasteiger partial charge in [0.05, 0.1) is 12.6 Å². The standard InChI is InChI=1S/C30H29NO2/c1-2-32-27-17-12-25(13-18-27)30-21-14-24-10-6-7-11-29(24)31(30)26-15-19-28(20-16-26)33-22-23-8-4-3-5-9-23/h3-13,15-20,30H,2,14,21-22H2,1H3. The molecule has 0 radical (unpaired) electrons. The van der Waals surface area contributed by atoms with Crippen LogP contribution in [-0.2, 0) is 13.0 Å². The first-order valence-corrected chi connectivity index (χ1v) is 11.7. The van der Waals surface area contributed by atoms with E-state index in [2.05, 4.69) is 89.8 Å². The molecule has 1 aliphatic rings. The fourth-order valence-corrected chi connectivity index (χ4v) is 4.58. The lowest BCUT2D eigenvalue weighted by atomic mass is 9.90. The molecule has 0 aliphatic carbocycles. The Morgan fingerprint density at radius 1 is 0.727 bits per heavy atom. The van der Waals surface area contributed by atoms with Crippen molar-refractivity contribution in [2.45, 2.75) is 32.4 Å². The Morgan fingerprint density at radius 3 is 2.15 bits per heavy atom. The van der Waals surface area contributed by atoms with Gasteiger partial charge in [0.1, 0.15) is 18.1 Å². The molecule has 166 valence electrons. The van der Waals surface area contributed by atoms with Crippen LogP contribution < -0.4 is 14.4 Å². The van der Waals surface area contributed by atoms with Crippen molar-refractivity contribution in [3.8, 4) is 11.5 Å². The highest BCUT2D eigenvalue weighted by Crippen LogP contribution is 2.44. The molecular formula is C30H29NO2. The SMILES string of the molecule is CCOc1ccc(C2CCc3ccccc3N2c2ccc(OCc3ccccc3)cc2)cc1. The number of hydrogen-bond donors (Lipinski definition) is 0. The third-order valence-corrected chi connectivity index (χ3v) is 6.19. The topological polar surface area (TPSA) is 21.7 Å². The molecule has 3 heteroatoms. The van der Waals surface area contributed by atoms with Crippen molar-refractivity contribution in [3.63, 3.8) is 0 Å². The summed E-state index contributed by atoms with van der Waals surface area (Å²) in [5, 5.41) is 0. The molecule has 0 saturated heterocycles. The van der Waals surface area contributed by atoms with Gasteiger partial charge < -0.3 is 14.4 Å². The molecule has 0 fully saturated rings. The Balaban J connectivity index is 1.42. The fraction of sp³-hybridized carbons (Fsp3) is 0.200. The van der Waals surface area contributed by atoms with Crippen molar-refractivity contribution in [1.29, 1.82) is 0 Å². The number of anilines is 2. The minimum atomic E-state index is 0.270. The molecule has 3 nitrogen and oxygen atoms in total. The lowest BCUT2D eigenvalue weighted by molar-refractivity contribution is 0.306. The highest BCUT2D eigenvalue weighted by Gasteiger charge is 2.28. The van der Waals surface area contributed by atoms with Gasteiger partial charge in [0.2, 0.25) is 0 Å². The molecular weight excluding hydrogens is 406 g/mol. The zero-order chi connectivity index (χ0) is 22.5. The van der Waals surface area contributed by atoms with E-state index in [-0.39, 0.29) is 6.04 Å². The van der Waals surface area contributed by atoms with Gasteiger partial charge in [-0.3, -0.25) is 0 Å². The van der Waals surface area contributed by atoms with Crippen molar-refractivity contribution in [1.82, 2.24) is 0 Å². The van der Waals surface area contributed by atoms with Gasteiger partial charge in [0, 0.05) is 11.4 Å². The minimum absolute atomic E-state index is 0.270. The molecule has 0 spiro atoms. The third kappa shape index (κ3) is 4.73. The van der Waals surface area contributed by atoms with Crippen LogP contribution in [0.15, 0.2) is 103 Å². The number of benzene rings is 4. The molecule has 0 amide bonds. The second kappa shape index (κ2) is 9.83. The van der Waals surface area contributed by atoms with Crippen molar-refractivity contribution < 1.29 is 9.47 Å². The Hall–Kier alpha value is -3.72. The monoisotopic (exact) mass is 435 g/mol. The summed E-state index contributed by atoms with van der Waals surface area (Å²) >= 11 is 0. The number of hydrogen-bond acceptors (Lipinski definition) is 3. The summed E-state index contributed by atoms with van der Waals surface area (Å²) in [6.07, 6.45) is 2.14. The molecule has 1 aliphatic heterocycles. The number of ether oxygens (including phenoxy) is 2. The van der Waals surface area contributed by atoms with Gasteiger partial charge in [-0.25, -0.2) is 0 Å². The Labute approximate surface area is 196 Å². The summed E-state index contributed by atoms with van der Waals surface area (Å²) in [5.74, 6) is 1.80. The van der Waals surface area contributed by atoms with Crippen LogP contribution in [0.1, 0.15) is 36.1 Å². The molecule has 0 aromatic heterocycles. The van der Waals surface area contributed by atoms with Crippen LogP contribution in [0.25, 0.3) is 0 Å². The second-order valence-electron chi connectivity index (χ2n) is 8.32. The summed E-state index contributed by atoms with van der Waals surface area (Å²) in [6, 6.07) is 36.3. The van der Waals surface area contributed by atoms with E-state index in [0.29, 0.717) is 13.2 Å². The van der Waals surface area contributed by atoms with Crippen molar-refractivity contribution in [2.24, 2.45) is 0 Å². The zero-order valence-electron chi connectivity index (χ0n) is 19.0. The van der Waals surface area contributed by atoms with E-state index >= 15 is 0 Å². The average molecular weight is 436 g/mol. The predicted molar refractivity (Wildman–Crippen MR) is 134 cm³/mol. The van der Waals surface area contributed by atoms with E-state index in [0.717, 1.165) is 24.3 Å². The summed E-state index contributed by atoms with van der Waals surface area (Å²) in [6.45, 7) is 3.27. The highest BCUT2D eigenvalue weighted by atomic mass is 16.5. The zero-order valence-corrected chi connectivity index (χ0v) is 19.0. The highest BCUT2D eigenvalue weighted by molar-refractivity contribution is 5.70. The maximum absolute atomic E-state index is 6.02. The summed E-state index contributed by atoms with van der Waals surface area (Å²) < 4.78 is 11.7. The fourth-order valence-electron chi connectivity index (χ4n) is 4.58. The lowest BCUT2D eigenvalue weighted by Crippen LogP contribution is -2.29. The van der Waals surface area contributed by atoms with Crippen LogP contribution >= 0.6 is 0 Å². The van der Waals surface area contributed by atoms with Crippen molar-refractivity contribution in [2.75, 3.05) is 11.5 Å². The molecule has 1 heterocycles. The maximum atomic E-state index is 6.02. The van der Waals surface area contributed by atoms with Gasteiger partial charge in [-0.15, -0.1) is 0 Å². The predicted octanol–water partition coefficient (Wildman–Crippen LogP) is 7.49. The smallest absolute Gasteiger partial charge is 0.119 e. The van der Waals surface area contributed by atoms with E-state index in [1.807, 2.05) is 25.1 Å². The quantitative estimate of drug-likeness (QED) is 0.300. The van der Waals surface area contributed by atoms with E-state index in [1.54, 1.807) is 0 Å². The van der Waals surface area contributed by atoms with E-state index < -0.39 is 0 Å². The van der Waals surface area contributed by atoms with E-state index in [4.69, 9.17) is 9.47 Å². The first-order valence-electron chi connectivity index (χ1n) is 11.7. The molecule has 0 bridgehead atoms. The van der Waals surface area contributed by atoms with E-state index in [1.165, 1.54) is 28.1 Å². The van der Waals surface area contributed by atoms with Crippen LogP contribution in [0.5, 0.6) is 11.5 Å². The normalized spacial score (nSPS) is 15.1. The van der Waals surface area contributed by atoms with Gasteiger partial charge in [-0.1, -0.05) is 60.7 Å². The molecule has 0 N–H and O–H groups in total. The van der Waals surface area contributed by atoms with Crippen LogP contribution in [0.2, 0.25) is 0 Å². The number of fused-ring (bicyclic) bond motifs is 1. The average Bonchev–Trinajstić information content (AvgIpc) is 2.88. The summed E-state index contributed by atoms with van der Waals surface area (Å²) in [4.78, 5) is 2.47. The van der Waals surface area contributed by atoms with Gasteiger partial charge in [-0.2, -0.15) is 0 Å². The number of para-hydroxylation sites is 1. The second-order valence-corrected chi connectivity index (χ2v) is 8.32. The molecule has 0 saturated carbocycles. The first kappa shape index (κ1) is 21.1. The molecule has 1 atom stereocenters.